The molecule has 1 aliphatic heterocycles. The Hall–Kier alpha value is -3.59. The van der Waals surface area contributed by atoms with Gasteiger partial charge < -0.3 is 15.2 Å². The number of carbonyl (C=O) groups is 2. The number of hydrogen-bond acceptors (Lipinski definition) is 7. The van der Waals surface area contributed by atoms with Gasteiger partial charge in [0.2, 0.25) is 11.1 Å². The fourth-order valence-electron chi connectivity index (χ4n) is 3.61. The monoisotopic (exact) mass is 464 g/mol. The van der Waals surface area contributed by atoms with E-state index in [-0.39, 0.29) is 18.1 Å². The number of allylic oxidation sites excluding steroid dienone is 1. The zero-order chi connectivity index (χ0) is 23.5. The van der Waals surface area contributed by atoms with Gasteiger partial charge in [-0.25, -0.2) is 14.3 Å². The summed E-state index contributed by atoms with van der Waals surface area (Å²) in [5.74, 6) is -0.210. The van der Waals surface area contributed by atoms with Gasteiger partial charge in [0.15, 0.2) is 0 Å². The number of anilines is 1. The average Bonchev–Trinajstić information content (AvgIpc) is 3.20. The van der Waals surface area contributed by atoms with Crippen LogP contribution in [0.25, 0.3) is 0 Å². The summed E-state index contributed by atoms with van der Waals surface area (Å²) in [6.45, 7) is 5.91. The Morgan fingerprint density at radius 1 is 1.12 bits per heavy atom. The van der Waals surface area contributed by atoms with E-state index in [4.69, 9.17) is 9.84 Å². The maximum Gasteiger partial charge on any atom is 0.338 e. The van der Waals surface area contributed by atoms with Crippen LogP contribution in [0.4, 0.5) is 5.95 Å². The number of benzene rings is 2. The SMILES string of the molecule is CCOC(=O)C1=C(C)Nc2nc(SCc3ccc(C(=O)O)cc3)nn2C1c1ccc(C)cc1. The summed E-state index contributed by atoms with van der Waals surface area (Å²) in [7, 11) is 0. The number of carboxylic acid groups (broad SMARTS) is 1. The Bertz CT molecular complexity index is 1220. The summed E-state index contributed by atoms with van der Waals surface area (Å²) in [5.41, 5.74) is 4.42. The molecule has 2 aromatic carbocycles. The first-order valence-electron chi connectivity index (χ1n) is 10.5. The molecule has 3 aromatic rings. The molecule has 0 amide bonds. The van der Waals surface area contributed by atoms with Crippen LogP contribution in [0.2, 0.25) is 0 Å². The van der Waals surface area contributed by atoms with E-state index in [1.807, 2.05) is 38.1 Å². The first-order chi connectivity index (χ1) is 15.9. The van der Waals surface area contributed by atoms with E-state index in [1.54, 1.807) is 35.9 Å². The van der Waals surface area contributed by atoms with Crippen molar-refractivity contribution >= 4 is 29.6 Å². The first kappa shape index (κ1) is 22.6. The largest absolute Gasteiger partial charge is 0.478 e. The number of hydrogen-bond donors (Lipinski definition) is 2. The van der Waals surface area contributed by atoms with E-state index < -0.39 is 12.0 Å². The van der Waals surface area contributed by atoms with Crippen molar-refractivity contribution in [1.82, 2.24) is 14.8 Å². The van der Waals surface area contributed by atoms with Crippen molar-refractivity contribution in [2.24, 2.45) is 0 Å². The van der Waals surface area contributed by atoms with Gasteiger partial charge in [0.25, 0.3) is 0 Å². The number of rotatable bonds is 7. The van der Waals surface area contributed by atoms with Crippen LogP contribution in [0.5, 0.6) is 0 Å². The Kier molecular flexibility index (Phi) is 6.50. The number of ether oxygens (including phenoxy) is 1. The Morgan fingerprint density at radius 3 is 2.45 bits per heavy atom. The van der Waals surface area contributed by atoms with E-state index in [2.05, 4.69) is 15.4 Å². The second-order valence-electron chi connectivity index (χ2n) is 7.65. The second-order valence-corrected chi connectivity index (χ2v) is 8.59. The van der Waals surface area contributed by atoms with Gasteiger partial charge in [-0.1, -0.05) is 53.7 Å². The predicted octanol–water partition coefficient (Wildman–Crippen LogP) is 4.43. The van der Waals surface area contributed by atoms with Crippen LogP contribution in [0, 0.1) is 6.92 Å². The standard InChI is InChI=1S/C24H24N4O4S/c1-4-32-22(31)19-15(3)25-23-26-24(33-13-16-7-11-18(12-8-16)21(29)30)27-28(23)20(19)17-9-5-14(2)6-10-17/h5-12,20H,4,13H2,1-3H3,(H,29,30)(H,25,26,27). The lowest BCUT2D eigenvalue weighted by atomic mass is 9.95. The summed E-state index contributed by atoms with van der Waals surface area (Å²) in [4.78, 5) is 28.5. The van der Waals surface area contributed by atoms with Crippen LogP contribution in [-0.4, -0.2) is 38.4 Å². The van der Waals surface area contributed by atoms with Crippen LogP contribution >= 0.6 is 11.8 Å². The van der Waals surface area contributed by atoms with Gasteiger partial charge in [0.1, 0.15) is 6.04 Å². The number of aromatic nitrogens is 3. The predicted molar refractivity (Wildman–Crippen MR) is 125 cm³/mol. The number of nitrogens with one attached hydrogen (secondary N) is 1. The summed E-state index contributed by atoms with van der Waals surface area (Å²) in [6, 6.07) is 14.2. The molecular weight excluding hydrogens is 440 g/mol. The van der Waals surface area contributed by atoms with Gasteiger partial charge in [0, 0.05) is 11.4 Å². The Morgan fingerprint density at radius 2 is 1.82 bits per heavy atom. The quantitative estimate of drug-likeness (QED) is 0.391. The average molecular weight is 465 g/mol. The molecule has 0 bridgehead atoms. The van der Waals surface area contributed by atoms with Crippen molar-refractivity contribution in [3.8, 4) is 0 Å². The molecule has 0 saturated heterocycles. The minimum Gasteiger partial charge on any atom is -0.478 e. The van der Waals surface area contributed by atoms with E-state index in [9.17, 15) is 9.59 Å². The van der Waals surface area contributed by atoms with Gasteiger partial charge in [-0.15, -0.1) is 5.10 Å². The third-order valence-corrected chi connectivity index (χ3v) is 6.20. The van der Waals surface area contributed by atoms with Crippen molar-refractivity contribution < 1.29 is 19.4 Å². The van der Waals surface area contributed by atoms with Crippen LogP contribution in [0.1, 0.15) is 46.9 Å². The van der Waals surface area contributed by atoms with Crippen molar-refractivity contribution in [1.29, 1.82) is 0 Å². The topological polar surface area (TPSA) is 106 Å². The lowest BCUT2D eigenvalue weighted by Crippen LogP contribution is -2.29. The molecule has 170 valence electrons. The van der Waals surface area contributed by atoms with E-state index in [0.29, 0.717) is 28.1 Å². The van der Waals surface area contributed by atoms with Crippen LogP contribution < -0.4 is 5.32 Å². The van der Waals surface area contributed by atoms with Crippen LogP contribution in [-0.2, 0) is 15.3 Å². The minimum absolute atomic E-state index is 0.248. The molecule has 0 fully saturated rings. The summed E-state index contributed by atoms with van der Waals surface area (Å²) in [5, 5.41) is 17.5. The molecular formula is C24H24N4O4S. The number of carboxylic acids is 1. The minimum atomic E-state index is -0.953. The third-order valence-electron chi connectivity index (χ3n) is 5.29. The number of aromatic carboxylic acids is 1. The molecule has 0 spiro atoms. The summed E-state index contributed by atoms with van der Waals surface area (Å²) in [6.07, 6.45) is 0. The molecule has 2 heterocycles. The van der Waals surface area contributed by atoms with E-state index in [0.717, 1.165) is 16.7 Å². The number of esters is 1. The van der Waals surface area contributed by atoms with Gasteiger partial charge in [-0.05, 0) is 44.0 Å². The zero-order valence-corrected chi connectivity index (χ0v) is 19.3. The molecule has 2 N–H and O–H groups in total. The molecule has 0 saturated carbocycles. The van der Waals surface area contributed by atoms with E-state index >= 15 is 0 Å². The van der Waals surface area contributed by atoms with Crippen LogP contribution in [0.3, 0.4) is 0 Å². The lowest BCUT2D eigenvalue weighted by Gasteiger charge is -2.28. The van der Waals surface area contributed by atoms with Gasteiger partial charge in [-0.2, -0.15) is 4.98 Å². The molecule has 9 heteroatoms. The number of nitrogens with zero attached hydrogens (tertiary/aromatic N) is 3. The molecule has 4 rings (SSSR count). The fraction of sp³-hybridized carbons (Fsp3) is 0.250. The van der Waals surface area contributed by atoms with Crippen molar-refractivity contribution in [3.63, 3.8) is 0 Å². The molecule has 1 aliphatic rings. The Labute approximate surface area is 195 Å². The highest BCUT2D eigenvalue weighted by molar-refractivity contribution is 7.98. The Balaban J connectivity index is 1.63. The highest BCUT2D eigenvalue weighted by Gasteiger charge is 2.35. The normalized spacial score (nSPS) is 15.1. The summed E-state index contributed by atoms with van der Waals surface area (Å²) >= 11 is 1.44. The molecule has 33 heavy (non-hydrogen) atoms. The smallest absolute Gasteiger partial charge is 0.338 e. The third kappa shape index (κ3) is 4.78. The first-order valence-corrected chi connectivity index (χ1v) is 11.5. The van der Waals surface area contributed by atoms with Crippen molar-refractivity contribution in [2.45, 2.75) is 37.7 Å². The number of carbonyl (C=O) groups excluding carboxylic acids is 1. The highest BCUT2D eigenvalue weighted by atomic mass is 32.2. The van der Waals surface area contributed by atoms with Gasteiger partial charge in [-0.3, -0.25) is 0 Å². The fourth-order valence-corrected chi connectivity index (χ4v) is 4.40. The lowest BCUT2D eigenvalue weighted by molar-refractivity contribution is -0.139. The van der Waals surface area contributed by atoms with Crippen LogP contribution in [0.15, 0.2) is 65.0 Å². The maximum atomic E-state index is 12.8. The molecule has 1 unspecified atom stereocenters. The van der Waals surface area contributed by atoms with Crippen molar-refractivity contribution in [2.75, 3.05) is 11.9 Å². The molecule has 0 radical (unpaired) electrons. The number of fused-ring (bicyclic) bond motifs is 1. The number of aryl methyl sites for hydroxylation is 1. The highest BCUT2D eigenvalue weighted by Crippen LogP contribution is 2.37. The zero-order valence-electron chi connectivity index (χ0n) is 18.5. The molecule has 8 nitrogen and oxygen atoms in total. The molecule has 0 aliphatic carbocycles. The summed E-state index contributed by atoms with van der Waals surface area (Å²) < 4.78 is 7.06. The van der Waals surface area contributed by atoms with Gasteiger partial charge in [0.05, 0.1) is 17.7 Å². The van der Waals surface area contributed by atoms with Crippen molar-refractivity contribution in [3.05, 3.63) is 82.1 Å². The molecule has 1 aromatic heterocycles. The number of thioether (sulfide) groups is 1. The molecule has 1 atom stereocenters. The van der Waals surface area contributed by atoms with Gasteiger partial charge >= 0.3 is 11.9 Å². The maximum absolute atomic E-state index is 12.8. The second kappa shape index (κ2) is 9.50. The van der Waals surface area contributed by atoms with E-state index in [1.165, 1.54) is 11.8 Å².